The van der Waals surface area contributed by atoms with Gasteiger partial charge in [-0.15, -0.1) is 0 Å². The number of nitrogens with two attached hydrogens (primary N) is 1. The van der Waals surface area contributed by atoms with E-state index in [4.69, 9.17) is 5.73 Å². The Morgan fingerprint density at radius 3 is 2.47 bits per heavy atom. The molecule has 0 aliphatic carbocycles. The van der Waals surface area contributed by atoms with Crippen LogP contribution in [0.15, 0.2) is 30.3 Å². The number of carbonyl (C=O) groups is 1. The van der Waals surface area contributed by atoms with Crippen LogP contribution >= 0.6 is 0 Å². The summed E-state index contributed by atoms with van der Waals surface area (Å²) in [5.74, 6) is 0.614. The molecule has 0 bridgehead atoms. The van der Waals surface area contributed by atoms with Crippen molar-refractivity contribution in [1.82, 2.24) is 5.32 Å². The van der Waals surface area contributed by atoms with Gasteiger partial charge in [-0.1, -0.05) is 57.0 Å². The molecule has 1 rings (SSSR count). The number of hydrogen-bond acceptors (Lipinski definition) is 2. The number of amides is 1. The average Bonchev–Trinajstić information content (AvgIpc) is 2.38. The molecule has 1 atom stereocenters. The Balaban J connectivity index is 2.40. The van der Waals surface area contributed by atoms with E-state index < -0.39 is 5.54 Å². The van der Waals surface area contributed by atoms with Crippen LogP contribution in [0.1, 0.15) is 45.6 Å². The molecule has 106 valence electrons. The monoisotopic (exact) mass is 262 g/mol. The normalized spacial score (nSPS) is 14.2. The third-order valence-corrected chi connectivity index (χ3v) is 3.34. The fourth-order valence-electron chi connectivity index (χ4n) is 1.98. The predicted molar refractivity (Wildman–Crippen MR) is 79.7 cm³/mol. The first kappa shape index (κ1) is 15.7. The molecule has 3 nitrogen and oxygen atoms in total. The molecule has 0 aliphatic heterocycles. The quantitative estimate of drug-likeness (QED) is 0.742. The minimum absolute atomic E-state index is 0.108. The van der Waals surface area contributed by atoms with Crippen molar-refractivity contribution in [3.05, 3.63) is 35.9 Å². The molecule has 0 spiro atoms. The summed E-state index contributed by atoms with van der Waals surface area (Å²) >= 11 is 0. The Labute approximate surface area is 116 Å². The summed E-state index contributed by atoms with van der Waals surface area (Å²) in [4.78, 5) is 12.1. The van der Waals surface area contributed by atoms with Gasteiger partial charge in [-0.2, -0.15) is 0 Å². The van der Waals surface area contributed by atoms with E-state index in [0.717, 1.165) is 24.3 Å². The van der Waals surface area contributed by atoms with Crippen LogP contribution < -0.4 is 11.1 Å². The maximum absolute atomic E-state index is 12.1. The molecule has 0 aromatic heterocycles. The molecule has 0 aliphatic rings. The van der Waals surface area contributed by atoms with Crippen molar-refractivity contribution >= 4 is 5.91 Å². The zero-order valence-electron chi connectivity index (χ0n) is 12.3. The lowest BCUT2D eigenvalue weighted by Gasteiger charge is -2.24. The lowest BCUT2D eigenvalue weighted by Crippen LogP contribution is -2.49. The summed E-state index contributed by atoms with van der Waals surface area (Å²) in [5.41, 5.74) is 6.02. The second-order valence-electron chi connectivity index (χ2n) is 5.71. The van der Waals surface area contributed by atoms with Crippen molar-refractivity contribution in [3.63, 3.8) is 0 Å². The highest BCUT2D eigenvalue weighted by Crippen LogP contribution is 2.17. The van der Waals surface area contributed by atoms with Gasteiger partial charge in [0.05, 0.1) is 0 Å². The Morgan fingerprint density at radius 1 is 1.26 bits per heavy atom. The largest absolute Gasteiger partial charge is 0.354 e. The van der Waals surface area contributed by atoms with Crippen molar-refractivity contribution < 1.29 is 4.79 Å². The van der Waals surface area contributed by atoms with Crippen LogP contribution in [0.3, 0.4) is 0 Å². The first-order chi connectivity index (χ1) is 8.94. The van der Waals surface area contributed by atoms with Gasteiger partial charge in [-0.05, 0) is 24.8 Å². The van der Waals surface area contributed by atoms with E-state index in [-0.39, 0.29) is 5.91 Å². The molecule has 1 unspecified atom stereocenters. The van der Waals surface area contributed by atoms with Gasteiger partial charge in [0.1, 0.15) is 5.54 Å². The highest BCUT2D eigenvalue weighted by Gasteiger charge is 2.29. The van der Waals surface area contributed by atoms with Crippen molar-refractivity contribution in [3.8, 4) is 0 Å². The molecule has 0 heterocycles. The van der Waals surface area contributed by atoms with E-state index in [1.54, 1.807) is 6.92 Å². The average molecular weight is 262 g/mol. The van der Waals surface area contributed by atoms with Crippen LogP contribution in [0.25, 0.3) is 0 Å². The first-order valence-corrected chi connectivity index (χ1v) is 7.07. The predicted octanol–water partition coefficient (Wildman–Crippen LogP) is 2.80. The number of unbranched alkanes of at least 4 members (excludes halogenated alkanes) is 1. The van der Waals surface area contributed by atoms with Gasteiger partial charge in [0.25, 0.3) is 0 Å². The number of rotatable bonds is 7. The third-order valence-electron chi connectivity index (χ3n) is 3.34. The van der Waals surface area contributed by atoms with E-state index in [1.165, 1.54) is 6.42 Å². The second kappa shape index (κ2) is 7.29. The molecule has 1 amide bonds. The van der Waals surface area contributed by atoms with Gasteiger partial charge in [0.2, 0.25) is 5.91 Å². The summed E-state index contributed by atoms with van der Waals surface area (Å²) < 4.78 is 0. The summed E-state index contributed by atoms with van der Waals surface area (Å²) in [6.45, 7) is 6.88. The van der Waals surface area contributed by atoms with Crippen molar-refractivity contribution in [2.75, 3.05) is 6.54 Å². The van der Waals surface area contributed by atoms with E-state index >= 15 is 0 Å². The van der Waals surface area contributed by atoms with Crippen LogP contribution in [0.2, 0.25) is 0 Å². The fraction of sp³-hybridized carbons (Fsp3) is 0.562. The minimum Gasteiger partial charge on any atom is -0.354 e. The topological polar surface area (TPSA) is 55.1 Å². The molecule has 0 radical (unpaired) electrons. The Morgan fingerprint density at radius 2 is 1.89 bits per heavy atom. The van der Waals surface area contributed by atoms with Crippen LogP contribution in [0.5, 0.6) is 0 Å². The summed E-state index contributed by atoms with van der Waals surface area (Å²) in [7, 11) is 0. The van der Waals surface area contributed by atoms with Crippen LogP contribution in [0.4, 0.5) is 0 Å². The molecule has 1 aromatic rings. The first-order valence-electron chi connectivity index (χ1n) is 7.07. The highest BCUT2D eigenvalue weighted by molar-refractivity contribution is 5.86. The van der Waals surface area contributed by atoms with Gasteiger partial charge in [0.15, 0.2) is 0 Å². The molecule has 3 N–H and O–H groups in total. The van der Waals surface area contributed by atoms with Gasteiger partial charge in [0, 0.05) is 6.54 Å². The van der Waals surface area contributed by atoms with E-state index in [1.807, 2.05) is 30.3 Å². The summed E-state index contributed by atoms with van der Waals surface area (Å²) in [5, 5.41) is 2.93. The Kier molecular flexibility index (Phi) is 6.03. The zero-order valence-corrected chi connectivity index (χ0v) is 12.3. The number of nitrogens with one attached hydrogen (secondary N) is 1. The molecule has 0 saturated carbocycles. The molecule has 1 aromatic carbocycles. The molecular formula is C16H26N2O. The van der Waals surface area contributed by atoms with Crippen molar-refractivity contribution in [1.29, 1.82) is 0 Å². The van der Waals surface area contributed by atoms with Crippen LogP contribution in [-0.2, 0) is 10.3 Å². The van der Waals surface area contributed by atoms with Gasteiger partial charge in [-0.25, -0.2) is 0 Å². The van der Waals surface area contributed by atoms with E-state index in [9.17, 15) is 4.79 Å². The van der Waals surface area contributed by atoms with E-state index in [0.29, 0.717) is 6.54 Å². The molecular weight excluding hydrogens is 236 g/mol. The molecule has 19 heavy (non-hydrogen) atoms. The molecule has 0 saturated heterocycles. The summed E-state index contributed by atoms with van der Waals surface area (Å²) in [6, 6.07) is 9.49. The van der Waals surface area contributed by atoms with Gasteiger partial charge < -0.3 is 11.1 Å². The highest BCUT2D eigenvalue weighted by atomic mass is 16.2. The Bertz CT molecular complexity index is 385. The Hall–Kier alpha value is -1.35. The number of hydrogen-bond donors (Lipinski definition) is 2. The number of benzene rings is 1. The van der Waals surface area contributed by atoms with Crippen molar-refractivity contribution in [2.45, 2.75) is 45.6 Å². The van der Waals surface area contributed by atoms with Crippen LogP contribution in [0, 0.1) is 5.92 Å². The summed E-state index contributed by atoms with van der Waals surface area (Å²) in [6.07, 6.45) is 3.35. The maximum Gasteiger partial charge on any atom is 0.244 e. The second-order valence-corrected chi connectivity index (χ2v) is 5.71. The SMILES string of the molecule is CC(C)CCCCNC(=O)C(C)(N)c1ccccc1. The van der Waals surface area contributed by atoms with E-state index in [2.05, 4.69) is 19.2 Å². The smallest absolute Gasteiger partial charge is 0.244 e. The maximum atomic E-state index is 12.1. The van der Waals surface area contributed by atoms with Gasteiger partial charge in [-0.3, -0.25) is 4.79 Å². The van der Waals surface area contributed by atoms with Crippen LogP contribution in [-0.4, -0.2) is 12.5 Å². The third kappa shape index (κ3) is 5.03. The number of carbonyl (C=O) groups excluding carboxylic acids is 1. The lowest BCUT2D eigenvalue weighted by molar-refractivity contribution is -0.126. The molecule has 3 heteroatoms. The standard InChI is InChI=1S/C16H26N2O/c1-13(2)9-7-8-12-18-15(19)16(3,17)14-10-5-4-6-11-14/h4-6,10-11,13H,7-9,12,17H2,1-3H3,(H,18,19). The van der Waals surface area contributed by atoms with Gasteiger partial charge >= 0.3 is 0 Å². The minimum atomic E-state index is -0.959. The molecule has 0 fully saturated rings. The fourth-order valence-corrected chi connectivity index (χ4v) is 1.98. The lowest BCUT2D eigenvalue weighted by atomic mass is 9.92. The zero-order chi connectivity index (χ0) is 14.3. The van der Waals surface area contributed by atoms with Crippen molar-refractivity contribution in [2.24, 2.45) is 11.7 Å².